The van der Waals surface area contributed by atoms with E-state index in [9.17, 15) is 22.0 Å². The molecule has 1 aromatic carbocycles. The highest BCUT2D eigenvalue weighted by Crippen LogP contribution is 2.31. The van der Waals surface area contributed by atoms with Crippen molar-refractivity contribution in [1.82, 2.24) is 18.7 Å². The van der Waals surface area contributed by atoms with E-state index in [1.165, 1.54) is 10.00 Å². The Morgan fingerprint density at radius 3 is 2.45 bits per heavy atom. The lowest BCUT2D eigenvalue weighted by Gasteiger charge is -2.35. The SMILES string of the molecule is Cn1cccc1C1CCCN1CC(=O)N1CCN(S(=O)(=O)c2ccc(F)c(F)c2)CC1. The highest BCUT2D eigenvalue weighted by atomic mass is 32.2. The molecule has 2 aliphatic heterocycles. The summed E-state index contributed by atoms with van der Waals surface area (Å²) in [5, 5.41) is 0. The van der Waals surface area contributed by atoms with Gasteiger partial charge in [0.25, 0.3) is 0 Å². The zero-order valence-corrected chi connectivity index (χ0v) is 18.2. The number of aromatic nitrogens is 1. The minimum Gasteiger partial charge on any atom is -0.353 e. The highest BCUT2D eigenvalue weighted by Gasteiger charge is 2.33. The van der Waals surface area contributed by atoms with Crippen molar-refractivity contribution in [3.8, 4) is 0 Å². The van der Waals surface area contributed by atoms with Crippen molar-refractivity contribution in [1.29, 1.82) is 0 Å². The predicted octanol–water partition coefficient (Wildman–Crippen LogP) is 1.97. The molecule has 31 heavy (non-hydrogen) atoms. The van der Waals surface area contributed by atoms with Gasteiger partial charge < -0.3 is 9.47 Å². The van der Waals surface area contributed by atoms with Crippen molar-refractivity contribution in [2.45, 2.75) is 23.8 Å². The molecule has 1 atom stereocenters. The molecule has 0 aliphatic carbocycles. The summed E-state index contributed by atoms with van der Waals surface area (Å²) in [6.07, 6.45) is 4.04. The van der Waals surface area contributed by atoms with Gasteiger partial charge in [-0.05, 0) is 49.7 Å². The van der Waals surface area contributed by atoms with E-state index in [1.54, 1.807) is 4.90 Å². The molecular weight excluding hydrogens is 426 g/mol. The lowest BCUT2D eigenvalue weighted by molar-refractivity contribution is -0.133. The van der Waals surface area contributed by atoms with Gasteiger partial charge in [-0.15, -0.1) is 0 Å². The number of rotatable bonds is 5. The van der Waals surface area contributed by atoms with Crippen molar-refractivity contribution in [3.63, 3.8) is 0 Å². The van der Waals surface area contributed by atoms with Crippen LogP contribution in [-0.2, 0) is 21.9 Å². The molecule has 2 aromatic rings. The Morgan fingerprint density at radius 2 is 1.81 bits per heavy atom. The number of nitrogens with zero attached hydrogens (tertiary/aromatic N) is 4. The minimum absolute atomic E-state index is 0.0222. The molecule has 0 bridgehead atoms. The van der Waals surface area contributed by atoms with Crippen molar-refractivity contribution in [2.24, 2.45) is 7.05 Å². The quantitative estimate of drug-likeness (QED) is 0.696. The van der Waals surface area contributed by atoms with Gasteiger partial charge in [-0.25, -0.2) is 17.2 Å². The monoisotopic (exact) mass is 452 g/mol. The summed E-state index contributed by atoms with van der Waals surface area (Å²) in [6, 6.07) is 6.84. The average Bonchev–Trinajstić information content (AvgIpc) is 3.38. The van der Waals surface area contributed by atoms with Crippen molar-refractivity contribution >= 4 is 15.9 Å². The maximum absolute atomic E-state index is 13.5. The molecule has 2 aliphatic rings. The van der Waals surface area contributed by atoms with Crippen LogP contribution in [0.15, 0.2) is 41.4 Å². The van der Waals surface area contributed by atoms with Crippen LogP contribution in [0.4, 0.5) is 8.78 Å². The largest absolute Gasteiger partial charge is 0.353 e. The van der Waals surface area contributed by atoms with Crippen molar-refractivity contribution in [3.05, 3.63) is 53.9 Å². The Bertz CT molecular complexity index is 1060. The van der Waals surface area contributed by atoms with Gasteiger partial charge in [0.05, 0.1) is 17.5 Å². The number of amides is 1. The van der Waals surface area contributed by atoms with Gasteiger partial charge in [-0.1, -0.05) is 0 Å². The summed E-state index contributed by atoms with van der Waals surface area (Å²) in [7, 11) is -1.94. The first-order valence-corrected chi connectivity index (χ1v) is 11.8. The van der Waals surface area contributed by atoms with Crippen LogP contribution >= 0.6 is 0 Å². The van der Waals surface area contributed by atoms with E-state index in [0.29, 0.717) is 12.6 Å². The maximum atomic E-state index is 13.5. The number of piperazine rings is 1. The number of carbonyl (C=O) groups is 1. The molecule has 168 valence electrons. The molecule has 1 amide bonds. The molecule has 0 saturated carbocycles. The maximum Gasteiger partial charge on any atom is 0.243 e. The summed E-state index contributed by atoms with van der Waals surface area (Å²) in [5.74, 6) is -2.32. The number of carbonyl (C=O) groups excluding carboxylic acids is 1. The fourth-order valence-electron chi connectivity index (χ4n) is 4.41. The van der Waals surface area contributed by atoms with Crippen LogP contribution < -0.4 is 0 Å². The second kappa shape index (κ2) is 8.68. The van der Waals surface area contributed by atoms with E-state index >= 15 is 0 Å². The first kappa shape index (κ1) is 21.9. The Morgan fingerprint density at radius 1 is 1.06 bits per heavy atom. The van der Waals surface area contributed by atoms with Gasteiger partial charge in [0.15, 0.2) is 11.6 Å². The summed E-state index contributed by atoms with van der Waals surface area (Å²) < 4.78 is 55.4. The topological polar surface area (TPSA) is 65.9 Å². The number of sulfonamides is 1. The Kier molecular flexibility index (Phi) is 6.14. The fourth-order valence-corrected chi connectivity index (χ4v) is 5.84. The van der Waals surface area contributed by atoms with Crippen molar-refractivity contribution < 1.29 is 22.0 Å². The van der Waals surface area contributed by atoms with Crippen LogP contribution in [0.3, 0.4) is 0 Å². The van der Waals surface area contributed by atoms with E-state index in [0.717, 1.165) is 31.5 Å². The molecule has 2 fully saturated rings. The second-order valence-corrected chi connectivity index (χ2v) is 9.97. The molecular formula is C21H26F2N4O3S. The van der Waals surface area contributed by atoms with Crippen LogP contribution in [-0.4, -0.2) is 72.3 Å². The van der Waals surface area contributed by atoms with Crippen LogP contribution in [0.25, 0.3) is 0 Å². The Labute approximate surface area is 180 Å². The predicted molar refractivity (Wildman–Crippen MR) is 111 cm³/mol. The number of hydrogen-bond acceptors (Lipinski definition) is 4. The second-order valence-electron chi connectivity index (χ2n) is 8.03. The first-order chi connectivity index (χ1) is 14.8. The van der Waals surface area contributed by atoms with E-state index in [2.05, 4.69) is 15.5 Å². The van der Waals surface area contributed by atoms with Crippen LogP contribution in [0.2, 0.25) is 0 Å². The molecule has 3 heterocycles. The zero-order chi connectivity index (χ0) is 22.2. The van der Waals surface area contributed by atoms with E-state index in [1.807, 2.05) is 19.3 Å². The van der Waals surface area contributed by atoms with E-state index in [4.69, 9.17) is 0 Å². The number of benzene rings is 1. The van der Waals surface area contributed by atoms with E-state index < -0.39 is 21.7 Å². The van der Waals surface area contributed by atoms with Gasteiger partial charge in [0.2, 0.25) is 15.9 Å². The number of likely N-dealkylation sites (tertiary alicyclic amines) is 1. The molecule has 1 unspecified atom stereocenters. The summed E-state index contributed by atoms with van der Waals surface area (Å²) in [5.41, 5.74) is 1.19. The Hall–Kier alpha value is -2.30. The van der Waals surface area contributed by atoms with Gasteiger partial charge in [-0.2, -0.15) is 4.31 Å². The number of hydrogen-bond donors (Lipinski definition) is 0. The standard InChI is InChI=1S/C21H26F2N4O3S/c1-24-8-2-4-19(24)20-5-3-9-26(20)15-21(28)25-10-12-27(13-11-25)31(29,30)16-6-7-17(22)18(23)14-16/h2,4,6-8,14,20H,3,5,9-13,15H2,1H3. The summed E-state index contributed by atoms with van der Waals surface area (Å²) in [6.45, 7) is 1.93. The molecule has 0 N–H and O–H groups in total. The minimum atomic E-state index is -3.94. The van der Waals surface area contributed by atoms with Crippen LogP contribution in [0.5, 0.6) is 0 Å². The normalized spacial score (nSPS) is 21.0. The third-order valence-electron chi connectivity index (χ3n) is 6.15. The molecule has 4 rings (SSSR count). The summed E-state index contributed by atoms with van der Waals surface area (Å²) in [4.78, 5) is 16.5. The molecule has 10 heteroatoms. The Balaban J connectivity index is 1.36. The average molecular weight is 453 g/mol. The fraction of sp³-hybridized carbons (Fsp3) is 0.476. The smallest absolute Gasteiger partial charge is 0.243 e. The van der Waals surface area contributed by atoms with Gasteiger partial charge in [-0.3, -0.25) is 9.69 Å². The van der Waals surface area contributed by atoms with Crippen molar-refractivity contribution in [2.75, 3.05) is 39.3 Å². The molecule has 7 nitrogen and oxygen atoms in total. The zero-order valence-electron chi connectivity index (χ0n) is 17.4. The summed E-state index contributed by atoms with van der Waals surface area (Å²) >= 11 is 0. The third-order valence-corrected chi connectivity index (χ3v) is 8.04. The van der Waals surface area contributed by atoms with Gasteiger partial charge in [0.1, 0.15) is 0 Å². The number of aryl methyl sites for hydroxylation is 1. The van der Waals surface area contributed by atoms with Crippen LogP contribution in [0.1, 0.15) is 24.6 Å². The van der Waals surface area contributed by atoms with Gasteiger partial charge >= 0.3 is 0 Å². The lowest BCUT2D eigenvalue weighted by atomic mass is 10.1. The number of halogens is 2. The van der Waals surface area contributed by atoms with E-state index in [-0.39, 0.29) is 43.0 Å². The van der Waals surface area contributed by atoms with Gasteiger partial charge in [0, 0.05) is 45.1 Å². The first-order valence-electron chi connectivity index (χ1n) is 10.4. The third kappa shape index (κ3) is 4.37. The lowest BCUT2D eigenvalue weighted by Crippen LogP contribution is -2.52. The molecule has 0 spiro atoms. The molecule has 0 radical (unpaired) electrons. The molecule has 1 aromatic heterocycles. The highest BCUT2D eigenvalue weighted by molar-refractivity contribution is 7.89. The molecule has 2 saturated heterocycles. The van der Waals surface area contributed by atoms with Crippen LogP contribution in [0, 0.1) is 11.6 Å².